The number of carboxylic acid groups (broad SMARTS) is 1. The van der Waals surface area contributed by atoms with E-state index < -0.39 is 52.4 Å². The van der Waals surface area contributed by atoms with Crippen molar-refractivity contribution >= 4 is 63.5 Å². The van der Waals surface area contributed by atoms with E-state index in [4.69, 9.17) is 10.6 Å². The fraction of sp³-hybridized carbons (Fsp3) is 0.318. The number of hydrogen-bond acceptors (Lipinski definition) is 16. The summed E-state index contributed by atoms with van der Waals surface area (Å²) in [5.41, 5.74) is 4.70. The van der Waals surface area contributed by atoms with Crippen LogP contribution in [0.4, 0.5) is 5.13 Å². The minimum absolute atomic E-state index is 0.0220. The van der Waals surface area contributed by atoms with Crippen LogP contribution in [0.2, 0.25) is 0 Å². The molecule has 21 heteroatoms. The van der Waals surface area contributed by atoms with Crippen molar-refractivity contribution in [2.75, 3.05) is 17.2 Å². The number of H-pyrrole nitrogens is 1. The number of nitrogens with zero attached hydrogens (tertiary/aromatic N) is 7. The van der Waals surface area contributed by atoms with Gasteiger partial charge >= 0.3 is 5.97 Å². The summed E-state index contributed by atoms with van der Waals surface area (Å²) in [6, 6.07) is -0.207. The summed E-state index contributed by atoms with van der Waals surface area (Å²) in [7, 11) is 1.64. The van der Waals surface area contributed by atoms with Crippen molar-refractivity contribution in [2.24, 2.45) is 12.2 Å². The van der Waals surface area contributed by atoms with E-state index >= 15 is 0 Å². The van der Waals surface area contributed by atoms with Crippen LogP contribution in [0, 0.1) is 6.92 Å². The lowest BCUT2D eigenvalue weighted by Crippen LogP contribution is -2.71. The number of thioether (sulfide) groups is 2. The Kier molecular flexibility index (Phi) is 8.39. The molecule has 1 saturated heterocycles. The molecule has 3 aromatic heterocycles. The van der Waals surface area contributed by atoms with Crippen LogP contribution < -0.4 is 16.5 Å². The van der Waals surface area contributed by atoms with Crippen molar-refractivity contribution in [2.45, 2.75) is 29.8 Å². The molecular weight excluding hydrogens is 629 g/mol. The van der Waals surface area contributed by atoms with Gasteiger partial charge in [-0.05, 0) is 22.9 Å². The molecule has 2 amide bonds. The number of aliphatic carboxylic acids is 1. The van der Waals surface area contributed by atoms with Crippen LogP contribution in [-0.2, 0) is 26.3 Å². The monoisotopic (exact) mass is 650 g/mol. The highest BCUT2D eigenvalue weighted by Gasteiger charge is 2.54. The molecule has 0 aliphatic carbocycles. The second-order valence-corrected chi connectivity index (χ2v) is 12.0. The van der Waals surface area contributed by atoms with Crippen LogP contribution in [0.25, 0.3) is 0 Å². The molecule has 0 spiro atoms. The molecule has 2 aliphatic heterocycles. The average Bonchev–Trinajstić information content (AvgIpc) is 3.59. The summed E-state index contributed by atoms with van der Waals surface area (Å²) in [6.07, 6.45) is -1.85. The van der Waals surface area contributed by atoms with Gasteiger partial charge in [0.15, 0.2) is 16.6 Å². The minimum Gasteiger partial charge on any atom is -0.503 e. The molecule has 0 aromatic carbocycles. The number of carboxylic acids is 1. The Bertz CT molecular complexity index is 1730. The number of aliphatic hydroxyl groups is 1. The molecule has 5 rings (SSSR count). The number of thiazole rings is 1. The van der Waals surface area contributed by atoms with E-state index in [1.165, 1.54) is 40.5 Å². The lowest BCUT2D eigenvalue weighted by atomic mass is 10.0. The van der Waals surface area contributed by atoms with E-state index in [1.54, 1.807) is 7.05 Å². The van der Waals surface area contributed by atoms with Gasteiger partial charge in [0, 0.05) is 30.0 Å². The number of β-lactam (4-membered cyclic amide) rings is 1. The first-order chi connectivity index (χ1) is 20.5. The van der Waals surface area contributed by atoms with Crippen LogP contribution in [0.3, 0.4) is 0 Å². The van der Waals surface area contributed by atoms with E-state index in [9.17, 15) is 34.5 Å². The third-order valence-electron chi connectivity index (χ3n) is 6.19. The van der Waals surface area contributed by atoms with Gasteiger partial charge in [0.1, 0.15) is 22.8 Å². The van der Waals surface area contributed by atoms with Gasteiger partial charge in [-0.3, -0.25) is 19.3 Å². The number of rotatable bonds is 10. The van der Waals surface area contributed by atoms with Crippen molar-refractivity contribution in [3.63, 3.8) is 0 Å². The van der Waals surface area contributed by atoms with Gasteiger partial charge in [0.05, 0.1) is 11.4 Å². The highest BCUT2D eigenvalue weighted by atomic mass is 32.2. The largest absolute Gasteiger partial charge is 0.503 e. The van der Waals surface area contributed by atoms with Crippen molar-refractivity contribution in [3.8, 4) is 5.75 Å². The lowest BCUT2D eigenvalue weighted by Gasteiger charge is -2.49. The number of carbonyl (C=O) groups excluding carboxylic acids is 2. The molecule has 5 heterocycles. The number of aryl methyl sites for hydroxylation is 2. The van der Waals surface area contributed by atoms with Gasteiger partial charge < -0.3 is 36.2 Å². The number of amides is 2. The summed E-state index contributed by atoms with van der Waals surface area (Å²) < 4.78 is 1.44. The number of aliphatic hydroxyl groups excluding tert-OH is 1. The molecule has 7 N–H and O–H groups in total. The Hall–Kier alpha value is -4.47. The topological polar surface area (TPSA) is 264 Å². The fourth-order valence-corrected chi connectivity index (χ4v) is 6.98. The third kappa shape index (κ3) is 5.91. The van der Waals surface area contributed by atoms with Crippen molar-refractivity contribution in [3.05, 3.63) is 50.0 Å². The second-order valence-electron chi connectivity index (χ2n) is 9.02. The Labute approximate surface area is 253 Å². The first-order valence-corrected chi connectivity index (χ1v) is 15.0. The van der Waals surface area contributed by atoms with Crippen LogP contribution in [0.15, 0.2) is 37.8 Å². The van der Waals surface area contributed by atoms with E-state index in [0.717, 1.165) is 22.3 Å². The molecule has 226 valence electrons. The van der Waals surface area contributed by atoms with Crippen LogP contribution in [-0.4, -0.2) is 96.8 Å². The number of oxime groups is 1. The number of carbonyl (C=O) groups is 3. The average molecular weight is 651 g/mol. The van der Waals surface area contributed by atoms with Crippen molar-refractivity contribution in [1.82, 2.24) is 40.4 Å². The standard InChI is InChI=1S/C22H22N10O8S3/c1-7-15(34)11(33)3-9(24-7)20(39)40-28-12(10-6-42-21(23)25-10)16(35)26-13-17(36)32-14(19(37)38)8(4-41-18(13)32)5-43-22-27-29-30-31(22)2/h3,6,13,18,20,34,39H,4-5H2,1-2H3,(H2,23,25)(H,24,33)(H,26,35)(H,37,38)/t13?,18-,20?/m0/s1. The number of anilines is 1. The molecular formula is C22H22N10O8S3. The summed E-state index contributed by atoms with van der Waals surface area (Å²) in [5, 5.41) is 48.6. The number of aromatic nitrogens is 6. The maximum absolute atomic E-state index is 13.3. The van der Waals surface area contributed by atoms with Gasteiger partial charge in [-0.15, -0.1) is 28.2 Å². The fourth-order valence-electron chi connectivity index (χ4n) is 4.10. The highest BCUT2D eigenvalue weighted by Crippen LogP contribution is 2.41. The SMILES string of the molecule is Cc1[nH]c(C(O)ON=C(C(=O)NC2C(=O)N3C(C(=O)O)=C(CSc4nnnn4C)CS[C@@H]23)c2csc(N)n2)cc(=O)c1O. The summed E-state index contributed by atoms with van der Waals surface area (Å²) >= 11 is 3.48. The Morgan fingerprint density at radius 1 is 1.40 bits per heavy atom. The molecule has 0 radical (unpaired) electrons. The molecule has 2 unspecified atom stereocenters. The van der Waals surface area contributed by atoms with Crippen molar-refractivity contribution < 1.29 is 34.5 Å². The second kappa shape index (κ2) is 12.0. The minimum atomic E-state index is -1.85. The number of aromatic hydroxyl groups is 1. The highest BCUT2D eigenvalue weighted by molar-refractivity contribution is 8.01. The van der Waals surface area contributed by atoms with E-state index in [0.29, 0.717) is 10.7 Å². The Morgan fingerprint density at radius 3 is 2.79 bits per heavy atom. The first kappa shape index (κ1) is 30.0. The number of fused-ring (bicyclic) bond motifs is 1. The maximum atomic E-state index is 13.3. The molecule has 43 heavy (non-hydrogen) atoms. The molecule has 0 saturated carbocycles. The van der Waals surface area contributed by atoms with Gasteiger partial charge in [-0.2, -0.15) is 0 Å². The normalized spacial score (nSPS) is 19.1. The summed E-state index contributed by atoms with van der Waals surface area (Å²) in [5.74, 6) is -2.90. The number of nitrogens with two attached hydrogens (primary N) is 1. The maximum Gasteiger partial charge on any atom is 0.352 e. The van der Waals surface area contributed by atoms with Crippen LogP contribution >= 0.6 is 34.9 Å². The number of nitrogens with one attached hydrogen (secondary N) is 2. The van der Waals surface area contributed by atoms with Crippen molar-refractivity contribution in [1.29, 1.82) is 0 Å². The quantitative estimate of drug-likeness (QED) is 0.0500. The predicted octanol–water partition coefficient (Wildman–Crippen LogP) is -1.11. The summed E-state index contributed by atoms with van der Waals surface area (Å²) in [6.45, 7) is 1.40. The van der Waals surface area contributed by atoms with Gasteiger partial charge in [-0.25, -0.2) is 14.5 Å². The molecule has 2 aliphatic rings. The van der Waals surface area contributed by atoms with Gasteiger partial charge in [0.2, 0.25) is 10.6 Å². The molecule has 1 fully saturated rings. The van der Waals surface area contributed by atoms with E-state index in [-0.39, 0.29) is 39.4 Å². The van der Waals surface area contributed by atoms with Crippen LogP contribution in [0.1, 0.15) is 23.4 Å². The number of nitrogen functional groups attached to an aromatic ring is 1. The molecule has 0 bridgehead atoms. The zero-order valence-electron chi connectivity index (χ0n) is 22.1. The van der Waals surface area contributed by atoms with Gasteiger partial charge in [-0.1, -0.05) is 16.9 Å². The van der Waals surface area contributed by atoms with E-state index in [1.807, 2.05) is 0 Å². The molecule has 18 nitrogen and oxygen atoms in total. The Balaban J connectivity index is 1.33. The predicted molar refractivity (Wildman–Crippen MR) is 152 cm³/mol. The molecule has 3 aromatic rings. The van der Waals surface area contributed by atoms with E-state index in [2.05, 4.69) is 36.0 Å². The number of tetrazole rings is 1. The summed E-state index contributed by atoms with van der Waals surface area (Å²) in [4.78, 5) is 63.3. The number of hydrogen-bond donors (Lipinski definition) is 6. The zero-order valence-corrected chi connectivity index (χ0v) is 24.6. The Morgan fingerprint density at radius 2 is 2.16 bits per heavy atom. The van der Waals surface area contributed by atoms with Crippen LogP contribution in [0.5, 0.6) is 5.75 Å². The number of aromatic amines is 1. The smallest absolute Gasteiger partial charge is 0.352 e. The first-order valence-electron chi connectivity index (χ1n) is 12.1. The van der Waals surface area contributed by atoms with Gasteiger partial charge in [0.25, 0.3) is 18.1 Å². The third-order valence-corrected chi connectivity index (χ3v) is 9.30. The zero-order chi connectivity index (χ0) is 31.0. The number of pyridine rings is 1. The molecule has 3 atom stereocenters. The lowest BCUT2D eigenvalue weighted by molar-refractivity contribution is -0.150.